The van der Waals surface area contributed by atoms with Crippen LogP contribution in [0.25, 0.3) is 0 Å². The number of ketones is 1. The molecule has 0 aliphatic carbocycles. The molecule has 6 nitrogen and oxygen atoms in total. The van der Waals surface area contributed by atoms with Crippen molar-refractivity contribution >= 4 is 27.4 Å². The molecule has 0 radical (unpaired) electrons. The van der Waals surface area contributed by atoms with E-state index in [1.165, 1.54) is 31.2 Å². The summed E-state index contributed by atoms with van der Waals surface area (Å²) in [5.41, 5.74) is 1.96. The molecule has 0 aliphatic rings. The van der Waals surface area contributed by atoms with Crippen molar-refractivity contribution in [3.05, 3.63) is 95.6 Å². The van der Waals surface area contributed by atoms with Crippen molar-refractivity contribution in [1.29, 1.82) is 0 Å². The minimum atomic E-state index is -3.78. The molecule has 0 fully saturated rings. The summed E-state index contributed by atoms with van der Waals surface area (Å²) in [6, 6.07) is 21.5. The van der Waals surface area contributed by atoms with E-state index in [0.717, 1.165) is 5.56 Å². The fourth-order valence-electron chi connectivity index (χ4n) is 2.68. The molecule has 0 saturated heterocycles. The molecule has 3 aromatic carbocycles. The summed E-state index contributed by atoms with van der Waals surface area (Å²) in [5, 5.41) is 2.68. The number of hydrogen-bond acceptors (Lipinski definition) is 4. The van der Waals surface area contributed by atoms with Gasteiger partial charge < -0.3 is 5.32 Å². The van der Waals surface area contributed by atoms with Crippen LogP contribution in [-0.2, 0) is 16.6 Å². The van der Waals surface area contributed by atoms with E-state index in [1.807, 2.05) is 30.3 Å². The first-order valence-electron chi connectivity index (χ1n) is 8.91. The van der Waals surface area contributed by atoms with Crippen LogP contribution in [0, 0.1) is 0 Å². The number of rotatable bonds is 7. The summed E-state index contributed by atoms with van der Waals surface area (Å²) in [4.78, 5) is 24.0. The normalized spacial score (nSPS) is 11.1. The highest BCUT2D eigenvalue weighted by Gasteiger charge is 2.16. The molecule has 2 N–H and O–H groups in total. The minimum absolute atomic E-state index is 0.00133. The quantitative estimate of drug-likeness (QED) is 0.584. The topological polar surface area (TPSA) is 92.3 Å². The first kappa shape index (κ1) is 20.4. The molecule has 0 unspecified atom stereocenters. The van der Waals surface area contributed by atoms with Crippen LogP contribution in [0.2, 0.25) is 0 Å². The van der Waals surface area contributed by atoms with Gasteiger partial charge in [-0.2, -0.15) is 0 Å². The predicted octanol–water partition coefficient (Wildman–Crippen LogP) is 3.62. The van der Waals surface area contributed by atoms with Gasteiger partial charge >= 0.3 is 0 Å². The number of amides is 1. The maximum absolute atomic E-state index is 12.6. The van der Waals surface area contributed by atoms with E-state index in [9.17, 15) is 18.0 Å². The van der Waals surface area contributed by atoms with Gasteiger partial charge in [0.15, 0.2) is 5.78 Å². The Morgan fingerprint density at radius 3 is 2.24 bits per heavy atom. The molecule has 0 atom stereocenters. The summed E-state index contributed by atoms with van der Waals surface area (Å²) in [6.45, 7) is 1.59. The average molecular weight is 408 g/mol. The van der Waals surface area contributed by atoms with Gasteiger partial charge in [-0.15, -0.1) is 0 Å². The Kier molecular flexibility index (Phi) is 6.21. The zero-order valence-corrected chi connectivity index (χ0v) is 16.6. The smallest absolute Gasteiger partial charge is 0.255 e. The molecule has 0 bridgehead atoms. The van der Waals surface area contributed by atoms with E-state index in [0.29, 0.717) is 11.3 Å². The van der Waals surface area contributed by atoms with Gasteiger partial charge in [-0.3, -0.25) is 9.59 Å². The molecular weight excluding hydrogens is 388 g/mol. The lowest BCUT2D eigenvalue weighted by molar-refractivity contribution is 0.101. The average Bonchev–Trinajstić information content (AvgIpc) is 2.73. The molecule has 1 amide bonds. The number of hydrogen-bond donors (Lipinski definition) is 2. The maximum Gasteiger partial charge on any atom is 0.255 e. The number of benzene rings is 3. The third kappa shape index (κ3) is 5.37. The van der Waals surface area contributed by atoms with Crippen molar-refractivity contribution in [2.45, 2.75) is 18.4 Å². The molecule has 3 aromatic rings. The van der Waals surface area contributed by atoms with Crippen molar-refractivity contribution < 1.29 is 18.0 Å². The Hall–Kier alpha value is -3.29. The molecular formula is C22H20N2O4S. The lowest BCUT2D eigenvalue weighted by Gasteiger charge is -2.10. The second-order valence-electron chi connectivity index (χ2n) is 6.43. The molecule has 0 aromatic heterocycles. The summed E-state index contributed by atoms with van der Waals surface area (Å²) in [5.74, 6) is -0.579. The Morgan fingerprint density at radius 1 is 0.828 bits per heavy atom. The number of anilines is 1. The maximum atomic E-state index is 12.6. The van der Waals surface area contributed by atoms with Crippen molar-refractivity contribution in [3.63, 3.8) is 0 Å². The van der Waals surface area contributed by atoms with Crippen LogP contribution >= 0.6 is 0 Å². The number of carbonyl (C=O) groups excluding carboxylic acids is 2. The van der Waals surface area contributed by atoms with Gasteiger partial charge in [0.2, 0.25) is 10.0 Å². The molecule has 148 valence electrons. The Balaban J connectivity index is 1.75. The van der Waals surface area contributed by atoms with E-state index in [1.54, 1.807) is 24.3 Å². The Morgan fingerprint density at radius 2 is 1.52 bits per heavy atom. The zero-order valence-electron chi connectivity index (χ0n) is 15.8. The molecule has 0 spiro atoms. The minimum Gasteiger partial charge on any atom is -0.322 e. The fraction of sp³-hybridized carbons (Fsp3) is 0.0909. The van der Waals surface area contributed by atoms with Crippen LogP contribution in [0.4, 0.5) is 5.69 Å². The summed E-state index contributed by atoms with van der Waals surface area (Å²) < 4.78 is 27.7. The van der Waals surface area contributed by atoms with Gasteiger partial charge in [0, 0.05) is 23.4 Å². The van der Waals surface area contributed by atoms with Crippen LogP contribution in [0.5, 0.6) is 0 Å². The summed E-state index contributed by atoms with van der Waals surface area (Å²) in [6.07, 6.45) is 0. The van der Waals surface area contributed by atoms with E-state index < -0.39 is 15.9 Å². The fourth-order valence-corrected chi connectivity index (χ4v) is 3.74. The highest BCUT2D eigenvalue weighted by Crippen LogP contribution is 2.16. The Bertz CT molecular complexity index is 1140. The van der Waals surface area contributed by atoms with Crippen molar-refractivity contribution in [2.75, 3.05) is 5.32 Å². The van der Waals surface area contributed by atoms with Crippen LogP contribution in [-0.4, -0.2) is 20.1 Å². The van der Waals surface area contributed by atoms with Crippen LogP contribution in [0.3, 0.4) is 0 Å². The zero-order chi connectivity index (χ0) is 20.9. The largest absolute Gasteiger partial charge is 0.322 e. The lowest BCUT2D eigenvalue weighted by atomic mass is 10.1. The highest BCUT2D eigenvalue weighted by atomic mass is 32.2. The van der Waals surface area contributed by atoms with E-state index in [2.05, 4.69) is 10.0 Å². The molecule has 0 aliphatic heterocycles. The lowest BCUT2D eigenvalue weighted by Crippen LogP contribution is -2.23. The summed E-state index contributed by atoms with van der Waals surface area (Å²) in [7, 11) is -3.78. The van der Waals surface area contributed by atoms with Crippen molar-refractivity contribution in [1.82, 2.24) is 4.72 Å². The number of nitrogens with one attached hydrogen (secondary N) is 2. The first-order chi connectivity index (χ1) is 13.8. The molecule has 0 heterocycles. The monoisotopic (exact) mass is 408 g/mol. The van der Waals surface area contributed by atoms with Gasteiger partial charge in [0.05, 0.1) is 4.90 Å². The van der Waals surface area contributed by atoms with Gasteiger partial charge in [-0.05, 0) is 42.8 Å². The van der Waals surface area contributed by atoms with Gasteiger partial charge in [0.25, 0.3) is 5.91 Å². The third-order valence-electron chi connectivity index (χ3n) is 4.24. The molecule has 7 heteroatoms. The van der Waals surface area contributed by atoms with Gasteiger partial charge in [-0.1, -0.05) is 48.5 Å². The molecule has 3 rings (SSSR count). The predicted molar refractivity (Wildman–Crippen MR) is 111 cm³/mol. The first-order valence-corrected chi connectivity index (χ1v) is 10.4. The second-order valence-corrected chi connectivity index (χ2v) is 8.20. The number of carbonyl (C=O) groups is 2. The number of sulfonamides is 1. The summed E-state index contributed by atoms with van der Waals surface area (Å²) >= 11 is 0. The van der Waals surface area contributed by atoms with Gasteiger partial charge in [0.1, 0.15) is 0 Å². The Labute approximate surface area is 169 Å². The van der Waals surface area contributed by atoms with E-state index >= 15 is 0 Å². The highest BCUT2D eigenvalue weighted by molar-refractivity contribution is 7.89. The standard InChI is InChI=1S/C22H20N2O4S/c1-16(25)18-9-5-11-20(13-18)24-22(26)19-10-6-12-21(14-19)29(27,28)23-15-17-7-3-2-4-8-17/h2-14,23H,15H2,1H3,(H,24,26). The van der Waals surface area contributed by atoms with Crippen molar-refractivity contribution in [2.24, 2.45) is 0 Å². The second kappa shape index (κ2) is 8.81. The van der Waals surface area contributed by atoms with Crippen molar-refractivity contribution in [3.8, 4) is 0 Å². The SMILES string of the molecule is CC(=O)c1cccc(NC(=O)c2cccc(S(=O)(=O)NCc3ccccc3)c2)c1. The van der Waals surface area contributed by atoms with Crippen LogP contribution < -0.4 is 10.0 Å². The van der Waals surface area contributed by atoms with E-state index in [4.69, 9.17) is 0 Å². The third-order valence-corrected chi connectivity index (χ3v) is 5.64. The van der Waals surface area contributed by atoms with Crippen LogP contribution in [0.1, 0.15) is 33.2 Å². The van der Waals surface area contributed by atoms with Crippen LogP contribution in [0.15, 0.2) is 83.8 Å². The molecule has 0 saturated carbocycles. The van der Waals surface area contributed by atoms with E-state index in [-0.39, 0.29) is 22.8 Å². The number of Topliss-reactive ketones (excluding diaryl/α,β-unsaturated/α-hetero) is 1. The molecule has 29 heavy (non-hydrogen) atoms. The van der Waals surface area contributed by atoms with Gasteiger partial charge in [-0.25, -0.2) is 13.1 Å².